The third kappa shape index (κ3) is 4.76. The fourth-order valence-electron chi connectivity index (χ4n) is 5.44. The van der Waals surface area contributed by atoms with Gasteiger partial charge >= 0.3 is 0 Å². The van der Waals surface area contributed by atoms with E-state index in [0.717, 1.165) is 57.7 Å². The second kappa shape index (κ2) is 9.96. The first kappa shape index (κ1) is 22.0. The van der Waals surface area contributed by atoms with Crippen molar-refractivity contribution < 1.29 is 4.79 Å². The van der Waals surface area contributed by atoms with Crippen LogP contribution in [-0.4, -0.2) is 59.2 Å². The lowest BCUT2D eigenvalue weighted by Crippen LogP contribution is -2.56. The fraction of sp³-hybridized carbons (Fsp3) is 0.481. The number of carbonyl (C=O) groups excluding carboxylic acids is 1. The van der Waals surface area contributed by atoms with Gasteiger partial charge in [-0.25, -0.2) is 4.98 Å². The summed E-state index contributed by atoms with van der Waals surface area (Å²) in [6.07, 6.45) is 9.58. The van der Waals surface area contributed by atoms with E-state index < -0.39 is 0 Å². The number of anilines is 1. The van der Waals surface area contributed by atoms with Crippen LogP contribution in [0, 0.1) is 5.92 Å². The van der Waals surface area contributed by atoms with Gasteiger partial charge in [-0.3, -0.25) is 19.3 Å². The minimum Gasteiger partial charge on any atom is -0.310 e. The molecule has 174 valence electrons. The number of piperazine rings is 1. The van der Waals surface area contributed by atoms with Gasteiger partial charge < -0.3 is 5.01 Å². The molecule has 1 saturated carbocycles. The molecule has 0 radical (unpaired) electrons. The Morgan fingerprint density at radius 1 is 1.00 bits per heavy atom. The van der Waals surface area contributed by atoms with Crippen molar-refractivity contribution in [3.05, 3.63) is 60.9 Å². The molecule has 1 atom stereocenters. The van der Waals surface area contributed by atoms with Crippen molar-refractivity contribution in [1.29, 1.82) is 0 Å². The fourth-order valence-corrected chi connectivity index (χ4v) is 5.44. The van der Waals surface area contributed by atoms with E-state index in [2.05, 4.69) is 63.0 Å². The number of hydrogen-bond donors (Lipinski definition) is 0. The molecule has 6 nitrogen and oxygen atoms in total. The zero-order valence-electron chi connectivity index (χ0n) is 19.6. The summed E-state index contributed by atoms with van der Waals surface area (Å²) in [5.41, 5.74) is 1.26. The van der Waals surface area contributed by atoms with Gasteiger partial charge in [0.25, 0.3) is 0 Å². The Morgan fingerprint density at radius 3 is 2.52 bits per heavy atom. The number of pyridine rings is 1. The van der Waals surface area contributed by atoms with Crippen LogP contribution in [0.1, 0.15) is 39.0 Å². The van der Waals surface area contributed by atoms with Crippen molar-refractivity contribution >= 4 is 22.6 Å². The van der Waals surface area contributed by atoms with Gasteiger partial charge in [0.2, 0.25) is 5.91 Å². The SMILES string of the molecule is C[C@H](CN(C(=O)C1CCCCC1)c1ccccn1)N1CCN(n2ccc3ccccc32)CC1. The number of fused-ring (bicyclic) bond motifs is 1. The lowest BCUT2D eigenvalue weighted by atomic mass is 9.88. The highest BCUT2D eigenvalue weighted by molar-refractivity contribution is 5.94. The van der Waals surface area contributed by atoms with Gasteiger partial charge in [0.15, 0.2) is 0 Å². The molecular weight excluding hydrogens is 410 g/mol. The third-order valence-corrected chi connectivity index (χ3v) is 7.39. The maximum atomic E-state index is 13.5. The Labute approximate surface area is 196 Å². The molecule has 3 heterocycles. The van der Waals surface area contributed by atoms with Gasteiger partial charge in [-0.1, -0.05) is 43.5 Å². The van der Waals surface area contributed by atoms with Crippen molar-refractivity contribution in [3.8, 4) is 0 Å². The predicted molar refractivity (Wildman–Crippen MR) is 134 cm³/mol. The monoisotopic (exact) mass is 445 g/mol. The van der Waals surface area contributed by atoms with Gasteiger partial charge in [0, 0.05) is 62.5 Å². The summed E-state index contributed by atoms with van der Waals surface area (Å²) in [5.74, 6) is 1.20. The highest BCUT2D eigenvalue weighted by atomic mass is 16.2. The third-order valence-electron chi connectivity index (χ3n) is 7.39. The molecule has 3 aromatic rings. The number of para-hydroxylation sites is 1. The van der Waals surface area contributed by atoms with Crippen LogP contribution in [0.3, 0.4) is 0 Å². The molecule has 5 rings (SSSR count). The maximum absolute atomic E-state index is 13.5. The first-order valence-electron chi connectivity index (χ1n) is 12.5. The van der Waals surface area contributed by atoms with E-state index in [1.54, 1.807) is 6.20 Å². The number of hydrogen-bond acceptors (Lipinski definition) is 4. The molecule has 1 aromatic carbocycles. The van der Waals surface area contributed by atoms with Crippen LogP contribution in [0.5, 0.6) is 0 Å². The van der Waals surface area contributed by atoms with Crippen LogP contribution in [0.2, 0.25) is 0 Å². The van der Waals surface area contributed by atoms with Crippen molar-refractivity contribution in [2.45, 2.75) is 45.1 Å². The first-order valence-corrected chi connectivity index (χ1v) is 12.5. The molecule has 0 N–H and O–H groups in total. The first-order chi connectivity index (χ1) is 16.2. The van der Waals surface area contributed by atoms with Gasteiger partial charge in [0.1, 0.15) is 5.82 Å². The molecule has 0 bridgehead atoms. The van der Waals surface area contributed by atoms with Gasteiger partial charge in [-0.2, -0.15) is 0 Å². The Balaban J connectivity index is 1.25. The molecule has 6 heteroatoms. The van der Waals surface area contributed by atoms with Gasteiger partial charge in [0.05, 0.1) is 5.52 Å². The normalized spacial score (nSPS) is 19.0. The van der Waals surface area contributed by atoms with Crippen molar-refractivity contribution in [3.63, 3.8) is 0 Å². The maximum Gasteiger partial charge on any atom is 0.231 e. The molecule has 0 spiro atoms. The van der Waals surface area contributed by atoms with Crippen molar-refractivity contribution in [2.24, 2.45) is 5.92 Å². The summed E-state index contributed by atoms with van der Waals surface area (Å²) < 4.78 is 2.30. The van der Waals surface area contributed by atoms with Crippen LogP contribution in [0.25, 0.3) is 10.9 Å². The Kier molecular flexibility index (Phi) is 6.63. The lowest BCUT2D eigenvalue weighted by Gasteiger charge is -2.41. The number of aromatic nitrogens is 2. The van der Waals surface area contributed by atoms with Crippen LogP contribution in [0.15, 0.2) is 60.9 Å². The molecule has 1 aliphatic carbocycles. The van der Waals surface area contributed by atoms with E-state index >= 15 is 0 Å². The molecule has 0 unspecified atom stereocenters. The minimum atomic E-state index is 0.145. The summed E-state index contributed by atoms with van der Waals surface area (Å²) in [6, 6.07) is 16.9. The van der Waals surface area contributed by atoms with Gasteiger partial charge in [-0.15, -0.1) is 0 Å². The standard InChI is InChI=1S/C27H35N5O/c1-22(21-31(26-13-7-8-15-28-26)27(33)24-10-3-2-4-11-24)29-17-19-30(20-18-29)32-16-14-23-9-5-6-12-25(23)32/h5-9,12-16,22,24H,2-4,10-11,17-21H2,1H3/t22-/m1/s1. The van der Waals surface area contributed by atoms with Crippen LogP contribution in [-0.2, 0) is 4.79 Å². The largest absolute Gasteiger partial charge is 0.310 e. The van der Waals surface area contributed by atoms with E-state index in [4.69, 9.17) is 0 Å². The van der Waals surface area contributed by atoms with Crippen LogP contribution in [0.4, 0.5) is 5.82 Å². The molecule has 2 aromatic heterocycles. The van der Waals surface area contributed by atoms with E-state index in [-0.39, 0.29) is 17.9 Å². The Hall–Kier alpha value is -2.86. The number of carbonyl (C=O) groups is 1. The number of amides is 1. The summed E-state index contributed by atoms with van der Waals surface area (Å²) in [6.45, 7) is 6.87. The van der Waals surface area contributed by atoms with Gasteiger partial charge in [-0.05, 0) is 44.0 Å². The highest BCUT2D eigenvalue weighted by Crippen LogP contribution is 2.27. The van der Waals surface area contributed by atoms with Crippen molar-refractivity contribution in [1.82, 2.24) is 14.6 Å². The van der Waals surface area contributed by atoms with Crippen LogP contribution < -0.4 is 9.91 Å². The summed E-state index contributed by atoms with van der Waals surface area (Å²) in [7, 11) is 0. The highest BCUT2D eigenvalue weighted by Gasteiger charge is 2.30. The molecule has 2 fully saturated rings. The average molecular weight is 446 g/mol. The zero-order chi connectivity index (χ0) is 22.6. The molecule has 2 aliphatic rings. The summed E-state index contributed by atoms with van der Waals surface area (Å²) in [5, 5.41) is 3.70. The average Bonchev–Trinajstić information content (AvgIpc) is 3.32. The second-order valence-corrected chi connectivity index (χ2v) is 9.53. The Bertz CT molecular complexity index is 1050. The minimum absolute atomic E-state index is 0.145. The number of rotatable bonds is 6. The molecule has 1 saturated heterocycles. The summed E-state index contributed by atoms with van der Waals surface area (Å²) in [4.78, 5) is 22.5. The quantitative estimate of drug-likeness (QED) is 0.568. The molecule has 1 amide bonds. The number of benzene rings is 1. The second-order valence-electron chi connectivity index (χ2n) is 9.53. The van der Waals surface area contributed by atoms with E-state index in [1.807, 2.05) is 23.1 Å². The smallest absolute Gasteiger partial charge is 0.231 e. The topological polar surface area (TPSA) is 44.6 Å². The van der Waals surface area contributed by atoms with Crippen LogP contribution >= 0.6 is 0 Å². The van der Waals surface area contributed by atoms with E-state index in [9.17, 15) is 4.79 Å². The van der Waals surface area contributed by atoms with E-state index in [0.29, 0.717) is 6.54 Å². The van der Waals surface area contributed by atoms with Crippen molar-refractivity contribution in [2.75, 3.05) is 42.6 Å². The zero-order valence-corrected chi connectivity index (χ0v) is 19.6. The Morgan fingerprint density at radius 2 is 1.76 bits per heavy atom. The summed E-state index contributed by atoms with van der Waals surface area (Å²) >= 11 is 0. The van der Waals surface area contributed by atoms with E-state index in [1.165, 1.54) is 17.3 Å². The molecule has 1 aliphatic heterocycles. The molecular formula is C27H35N5O. The lowest BCUT2D eigenvalue weighted by molar-refractivity contribution is -0.123. The number of nitrogens with zero attached hydrogens (tertiary/aromatic N) is 5. The molecule has 33 heavy (non-hydrogen) atoms. The predicted octanol–water partition coefficient (Wildman–Crippen LogP) is 4.29.